The van der Waals surface area contributed by atoms with E-state index in [0.29, 0.717) is 18.0 Å². The lowest BCUT2D eigenvalue weighted by atomic mass is 10.0. The number of sulfonamides is 1. The van der Waals surface area contributed by atoms with Crippen molar-refractivity contribution in [2.24, 2.45) is 0 Å². The second-order valence-electron chi connectivity index (χ2n) is 6.25. The van der Waals surface area contributed by atoms with E-state index in [-0.39, 0.29) is 12.5 Å². The summed E-state index contributed by atoms with van der Waals surface area (Å²) in [7, 11) is -2.11. The van der Waals surface area contributed by atoms with Crippen molar-refractivity contribution in [3.8, 4) is 5.75 Å². The number of hydrogen-bond acceptors (Lipinski definition) is 4. The second kappa shape index (κ2) is 7.37. The molecule has 1 heterocycles. The van der Waals surface area contributed by atoms with Gasteiger partial charge in [0, 0.05) is 18.3 Å². The zero-order valence-corrected chi connectivity index (χ0v) is 15.7. The first-order chi connectivity index (χ1) is 12.4. The van der Waals surface area contributed by atoms with Crippen LogP contribution in [0.1, 0.15) is 12.0 Å². The minimum atomic E-state index is -3.62. The standard InChI is InChI=1S/C19H22N2O4S/c1-25-17-10-5-9-16(13-17)21(26(2,23)24)14-19(22)20-12-6-8-15-7-3-4-11-18(15)20/h3-5,7,9-11,13H,6,8,12,14H2,1-2H3. The number of amides is 1. The fraction of sp³-hybridized carbons (Fsp3) is 0.316. The summed E-state index contributed by atoms with van der Waals surface area (Å²) in [5.41, 5.74) is 2.38. The Kier molecular flexibility index (Phi) is 5.18. The summed E-state index contributed by atoms with van der Waals surface area (Å²) >= 11 is 0. The second-order valence-corrected chi connectivity index (χ2v) is 8.16. The van der Waals surface area contributed by atoms with Crippen LogP contribution in [0.25, 0.3) is 0 Å². The molecule has 3 rings (SSSR count). The number of benzene rings is 2. The van der Waals surface area contributed by atoms with Crippen molar-refractivity contribution in [1.82, 2.24) is 0 Å². The number of rotatable bonds is 5. The molecule has 6 nitrogen and oxygen atoms in total. The van der Waals surface area contributed by atoms with Crippen molar-refractivity contribution in [1.29, 1.82) is 0 Å². The lowest BCUT2D eigenvalue weighted by Crippen LogP contribution is -2.44. The van der Waals surface area contributed by atoms with Crippen LogP contribution in [0, 0.1) is 0 Å². The molecular formula is C19H22N2O4S. The van der Waals surface area contributed by atoms with Crippen LogP contribution in [0.4, 0.5) is 11.4 Å². The van der Waals surface area contributed by atoms with Crippen LogP contribution in [-0.2, 0) is 21.2 Å². The smallest absolute Gasteiger partial charge is 0.247 e. The Morgan fingerprint density at radius 2 is 1.96 bits per heavy atom. The molecule has 2 aromatic rings. The number of carbonyl (C=O) groups is 1. The van der Waals surface area contributed by atoms with Gasteiger partial charge >= 0.3 is 0 Å². The molecule has 1 aliphatic rings. The van der Waals surface area contributed by atoms with E-state index in [9.17, 15) is 13.2 Å². The third kappa shape index (κ3) is 3.83. The first-order valence-electron chi connectivity index (χ1n) is 8.40. The summed E-state index contributed by atoms with van der Waals surface area (Å²) in [6.45, 7) is 0.339. The fourth-order valence-corrected chi connectivity index (χ4v) is 4.01. The van der Waals surface area contributed by atoms with Crippen molar-refractivity contribution in [3.63, 3.8) is 0 Å². The third-order valence-corrected chi connectivity index (χ3v) is 5.57. The Balaban J connectivity index is 1.90. The van der Waals surface area contributed by atoms with E-state index in [4.69, 9.17) is 4.74 Å². The number of fused-ring (bicyclic) bond motifs is 1. The lowest BCUT2D eigenvalue weighted by Gasteiger charge is -2.31. The van der Waals surface area contributed by atoms with Gasteiger partial charge in [-0.1, -0.05) is 24.3 Å². The minimum Gasteiger partial charge on any atom is -0.497 e. The van der Waals surface area contributed by atoms with Gasteiger partial charge in [0.15, 0.2) is 0 Å². The molecule has 2 aromatic carbocycles. The van der Waals surface area contributed by atoms with Crippen LogP contribution >= 0.6 is 0 Å². The van der Waals surface area contributed by atoms with Gasteiger partial charge in [-0.05, 0) is 36.6 Å². The van der Waals surface area contributed by atoms with Crippen LogP contribution in [-0.4, -0.2) is 40.8 Å². The molecule has 0 unspecified atom stereocenters. The normalized spacial score (nSPS) is 13.8. The average Bonchev–Trinajstić information content (AvgIpc) is 2.64. The van der Waals surface area contributed by atoms with E-state index in [1.807, 2.05) is 24.3 Å². The molecule has 0 bridgehead atoms. The topological polar surface area (TPSA) is 66.9 Å². The molecule has 0 radical (unpaired) electrons. The number of hydrogen-bond donors (Lipinski definition) is 0. The van der Waals surface area contributed by atoms with Gasteiger partial charge < -0.3 is 9.64 Å². The number of carbonyl (C=O) groups excluding carboxylic acids is 1. The van der Waals surface area contributed by atoms with Gasteiger partial charge in [0.1, 0.15) is 12.3 Å². The summed E-state index contributed by atoms with van der Waals surface area (Å²) < 4.78 is 30.9. The molecule has 0 aromatic heterocycles. The van der Waals surface area contributed by atoms with E-state index >= 15 is 0 Å². The summed E-state index contributed by atoms with van der Waals surface area (Å²) in [4.78, 5) is 14.6. The zero-order valence-electron chi connectivity index (χ0n) is 14.9. The largest absolute Gasteiger partial charge is 0.497 e. The zero-order chi connectivity index (χ0) is 18.7. The molecule has 0 spiro atoms. The van der Waals surface area contributed by atoms with Crippen molar-refractivity contribution in [2.75, 3.05) is 35.7 Å². The van der Waals surface area contributed by atoms with Gasteiger partial charge in [0.2, 0.25) is 15.9 Å². The van der Waals surface area contributed by atoms with Crippen LogP contribution in [0.3, 0.4) is 0 Å². The molecule has 0 N–H and O–H groups in total. The van der Waals surface area contributed by atoms with E-state index in [1.54, 1.807) is 29.2 Å². The highest BCUT2D eigenvalue weighted by Crippen LogP contribution is 2.28. The molecular weight excluding hydrogens is 352 g/mol. The number of para-hydroxylation sites is 1. The van der Waals surface area contributed by atoms with Crippen molar-refractivity contribution >= 4 is 27.3 Å². The molecule has 0 fully saturated rings. The van der Waals surface area contributed by atoms with Crippen LogP contribution < -0.4 is 13.9 Å². The highest BCUT2D eigenvalue weighted by Gasteiger charge is 2.27. The molecule has 0 atom stereocenters. The molecule has 1 aliphatic heterocycles. The molecule has 0 saturated carbocycles. The maximum absolute atomic E-state index is 12.9. The SMILES string of the molecule is COc1cccc(N(CC(=O)N2CCCc3ccccc32)S(C)(=O)=O)c1. The maximum Gasteiger partial charge on any atom is 0.247 e. The van der Waals surface area contributed by atoms with Crippen LogP contribution in [0.5, 0.6) is 5.75 Å². The first kappa shape index (κ1) is 18.3. The number of nitrogens with zero attached hydrogens (tertiary/aromatic N) is 2. The van der Waals surface area contributed by atoms with Gasteiger partial charge in [0.05, 0.1) is 19.1 Å². The Morgan fingerprint density at radius 1 is 1.19 bits per heavy atom. The number of methoxy groups -OCH3 is 1. The molecule has 7 heteroatoms. The Labute approximate surface area is 154 Å². The molecule has 26 heavy (non-hydrogen) atoms. The summed E-state index contributed by atoms with van der Waals surface area (Å²) in [6, 6.07) is 14.4. The third-order valence-electron chi connectivity index (χ3n) is 4.43. The number of ether oxygens (including phenoxy) is 1. The van der Waals surface area contributed by atoms with Crippen molar-refractivity contribution in [3.05, 3.63) is 54.1 Å². The minimum absolute atomic E-state index is 0.245. The monoisotopic (exact) mass is 374 g/mol. The van der Waals surface area contributed by atoms with Gasteiger partial charge in [-0.15, -0.1) is 0 Å². The maximum atomic E-state index is 12.9. The quantitative estimate of drug-likeness (QED) is 0.806. The van der Waals surface area contributed by atoms with Crippen molar-refractivity contribution < 1.29 is 17.9 Å². The highest BCUT2D eigenvalue weighted by molar-refractivity contribution is 7.92. The molecule has 0 aliphatic carbocycles. The van der Waals surface area contributed by atoms with Gasteiger partial charge in [-0.2, -0.15) is 0 Å². The average molecular weight is 374 g/mol. The molecule has 0 saturated heterocycles. The van der Waals surface area contributed by atoms with Gasteiger partial charge in [0.25, 0.3) is 0 Å². The van der Waals surface area contributed by atoms with Gasteiger partial charge in [-0.25, -0.2) is 8.42 Å². The van der Waals surface area contributed by atoms with Crippen molar-refractivity contribution in [2.45, 2.75) is 12.8 Å². The van der Waals surface area contributed by atoms with Crippen LogP contribution in [0.15, 0.2) is 48.5 Å². The van der Waals surface area contributed by atoms with E-state index in [2.05, 4.69) is 0 Å². The van der Waals surface area contributed by atoms with Crippen LogP contribution in [0.2, 0.25) is 0 Å². The summed E-state index contributed by atoms with van der Waals surface area (Å²) in [5.74, 6) is 0.289. The summed E-state index contributed by atoms with van der Waals surface area (Å²) in [6.07, 6.45) is 2.89. The Morgan fingerprint density at radius 3 is 2.69 bits per heavy atom. The van der Waals surface area contributed by atoms with E-state index in [1.165, 1.54) is 7.11 Å². The Hall–Kier alpha value is -2.54. The predicted molar refractivity (Wildman–Crippen MR) is 102 cm³/mol. The Bertz CT molecular complexity index is 911. The van der Waals surface area contributed by atoms with E-state index < -0.39 is 10.0 Å². The lowest BCUT2D eigenvalue weighted by molar-refractivity contribution is -0.117. The molecule has 1 amide bonds. The summed E-state index contributed by atoms with van der Waals surface area (Å²) in [5, 5.41) is 0. The number of aryl methyl sites for hydroxylation is 1. The highest BCUT2D eigenvalue weighted by atomic mass is 32.2. The van der Waals surface area contributed by atoms with E-state index in [0.717, 1.165) is 34.7 Å². The number of anilines is 2. The fourth-order valence-electron chi connectivity index (χ4n) is 3.17. The first-order valence-corrected chi connectivity index (χ1v) is 10.2. The predicted octanol–water partition coefficient (Wildman–Crippen LogP) is 2.44. The molecule has 138 valence electrons. The van der Waals surface area contributed by atoms with Gasteiger partial charge in [-0.3, -0.25) is 9.10 Å².